The van der Waals surface area contributed by atoms with Crippen LogP contribution < -0.4 is 0 Å². The van der Waals surface area contributed by atoms with Crippen LogP contribution in [0.25, 0.3) is 0 Å². The summed E-state index contributed by atoms with van der Waals surface area (Å²) in [5.41, 5.74) is 2.19. The molecule has 0 aliphatic carbocycles. The second-order valence-electron chi connectivity index (χ2n) is 9.90. The Kier molecular flexibility index (Phi) is 7.03. The molecule has 0 amide bonds. The minimum absolute atomic E-state index is 0.0245. The molecule has 1 fully saturated rings. The van der Waals surface area contributed by atoms with Gasteiger partial charge in [0.1, 0.15) is 0 Å². The molecule has 0 unspecified atom stereocenters. The van der Waals surface area contributed by atoms with E-state index in [-0.39, 0.29) is 11.1 Å². The number of nitrogens with zero attached hydrogens (tertiary/aromatic N) is 2. The molecule has 1 aliphatic rings. The zero-order valence-corrected chi connectivity index (χ0v) is 22.1. The van der Waals surface area contributed by atoms with E-state index in [0.29, 0.717) is 0 Å². The first kappa shape index (κ1) is 23.0. The van der Waals surface area contributed by atoms with Crippen molar-refractivity contribution < 1.29 is 0 Å². The topological polar surface area (TPSA) is 6.48 Å². The Bertz CT molecular complexity index is 879. The third-order valence-electron chi connectivity index (χ3n) is 5.47. The molecule has 1 aliphatic heterocycles. The molecule has 2 nitrogen and oxygen atoms in total. The van der Waals surface area contributed by atoms with Gasteiger partial charge in [-0.2, -0.15) is 0 Å². The monoisotopic (exact) mass is 506 g/mol. The summed E-state index contributed by atoms with van der Waals surface area (Å²) < 4.78 is 13.1. The van der Waals surface area contributed by atoms with Crippen molar-refractivity contribution in [3.63, 3.8) is 0 Å². The summed E-state index contributed by atoms with van der Waals surface area (Å²) in [7, 11) is 0. The Labute approximate surface area is 188 Å². The first-order valence-electron chi connectivity index (χ1n) is 10.8. The zero-order chi connectivity index (χ0) is 21.8. The van der Waals surface area contributed by atoms with Gasteiger partial charge in [0.2, 0.25) is 0 Å². The average Bonchev–Trinajstić information content (AvgIpc) is 2.71. The first-order chi connectivity index (χ1) is 14.1. The van der Waals surface area contributed by atoms with Gasteiger partial charge in [-0.15, -0.1) is 0 Å². The van der Waals surface area contributed by atoms with Crippen molar-refractivity contribution >= 4 is 18.9 Å². The van der Waals surface area contributed by atoms with Crippen molar-refractivity contribution in [3.05, 3.63) is 71.8 Å². The second kappa shape index (κ2) is 9.19. The van der Waals surface area contributed by atoms with Gasteiger partial charge in [-0.05, 0) is 0 Å². The van der Waals surface area contributed by atoms with Gasteiger partial charge in [0.05, 0.1) is 0 Å². The van der Waals surface area contributed by atoms with Gasteiger partial charge in [-0.1, -0.05) is 0 Å². The van der Waals surface area contributed by atoms with Gasteiger partial charge >= 0.3 is 189 Å². The predicted molar refractivity (Wildman–Crippen MR) is 130 cm³/mol. The summed E-state index contributed by atoms with van der Waals surface area (Å²) in [6.07, 6.45) is 1.16. The number of benzene rings is 2. The van der Waals surface area contributed by atoms with Crippen LogP contribution in [0.4, 0.5) is 0 Å². The molecule has 0 saturated carbocycles. The Morgan fingerprint density at radius 1 is 0.633 bits per heavy atom. The van der Waals surface area contributed by atoms with Gasteiger partial charge in [0, 0.05) is 0 Å². The molecule has 0 radical (unpaired) electrons. The molecule has 2 aromatic carbocycles. The van der Waals surface area contributed by atoms with E-state index in [1.807, 2.05) is 12.1 Å². The molecule has 1 heterocycles. The van der Waals surface area contributed by atoms with Gasteiger partial charge in [-0.3, -0.25) is 0 Å². The second-order valence-corrected chi connectivity index (χ2v) is 18.2. The van der Waals surface area contributed by atoms with E-state index in [1.165, 1.54) is 0 Å². The molecule has 1 saturated heterocycles. The molecule has 0 spiro atoms. The first-order valence-corrected chi connectivity index (χ1v) is 16.3. The molecule has 2 aromatic rings. The van der Waals surface area contributed by atoms with E-state index in [0.717, 1.165) is 30.6 Å². The van der Waals surface area contributed by atoms with Gasteiger partial charge in [0.25, 0.3) is 0 Å². The number of hydrogen-bond acceptors (Lipinski definition) is 2. The number of rotatable bonds is 0. The van der Waals surface area contributed by atoms with Crippen LogP contribution in [-0.2, 0) is 0 Å². The molecule has 0 N–H and O–H groups in total. The quantitative estimate of drug-likeness (QED) is 0.358. The van der Waals surface area contributed by atoms with E-state index in [1.54, 1.807) is 0 Å². The van der Waals surface area contributed by atoms with E-state index in [2.05, 4.69) is 116 Å². The van der Waals surface area contributed by atoms with Crippen molar-refractivity contribution in [1.29, 1.82) is 0 Å². The fourth-order valence-corrected chi connectivity index (χ4v) is 16.8. The van der Waals surface area contributed by atoms with E-state index in [9.17, 15) is 0 Å². The SMILES string of the molecule is CC(C)(C)[N]1CCC[N](C(C)(C)C)[Sn]1([C]#Cc1ccccc1)[C]#Cc1ccccc1. The maximum absolute atomic E-state index is 3.87. The Morgan fingerprint density at radius 2 is 1.00 bits per heavy atom. The zero-order valence-electron chi connectivity index (χ0n) is 19.3. The van der Waals surface area contributed by atoms with Gasteiger partial charge < -0.3 is 0 Å². The Hall–Kier alpha value is -1.72. The summed E-state index contributed by atoms with van der Waals surface area (Å²) >= 11 is -3.64. The molecular weight excluding hydrogens is 471 g/mol. The maximum atomic E-state index is 3.87. The normalized spacial score (nSPS) is 17.4. The third-order valence-corrected chi connectivity index (χ3v) is 17.7. The molecule has 156 valence electrons. The Morgan fingerprint density at radius 3 is 1.33 bits per heavy atom. The molecule has 30 heavy (non-hydrogen) atoms. The van der Waals surface area contributed by atoms with Gasteiger partial charge in [-0.25, -0.2) is 0 Å². The van der Waals surface area contributed by atoms with Crippen LogP contribution in [0.1, 0.15) is 59.1 Å². The van der Waals surface area contributed by atoms with Crippen molar-refractivity contribution in [2.75, 3.05) is 13.1 Å². The standard InChI is InChI=1S/C11H24N2.2C8H5.Sn/c1-10(2,3)12-8-7-9-13-11(4,5)6;2*1-2-8-6-4-3-5-7-8;/h7-9H2,1-6H3;2*3-7H;/q-2;;;+2. The summed E-state index contributed by atoms with van der Waals surface area (Å²) in [4.78, 5) is 0. The molecule has 3 heteroatoms. The Balaban J connectivity index is 2.24. The van der Waals surface area contributed by atoms with E-state index < -0.39 is 18.9 Å². The van der Waals surface area contributed by atoms with Crippen LogP contribution in [0.2, 0.25) is 0 Å². The number of hydrogen-bond donors (Lipinski definition) is 0. The van der Waals surface area contributed by atoms with Crippen molar-refractivity contribution in [2.45, 2.75) is 59.0 Å². The molecule has 0 aromatic heterocycles. The fraction of sp³-hybridized carbons (Fsp3) is 0.407. The van der Waals surface area contributed by atoms with Crippen LogP contribution in [0.5, 0.6) is 0 Å². The van der Waals surface area contributed by atoms with Gasteiger partial charge in [0.15, 0.2) is 0 Å². The third kappa shape index (κ3) is 5.30. The molecule has 0 bridgehead atoms. The fourth-order valence-electron chi connectivity index (χ4n) is 4.16. The van der Waals surface area contributed by atoms with E-state index >= 15 is 0 Å². The van der Waals surface area contributed by atoms with Crippen LogP contribution in [-0.4, -0.2) is 49.3 Å². The van der Waals surface area contributed by atoms with Crippen LogP contribution in [0.3, 0.4) is 0 Å². The summed E-state index contributed by atoms with van der Waals surface area (Å²) in [6, 6.07) is 20.7. The summed E-state index contributed by atoms with van der Waals surface area (Å²) in [6.45, 7) is 16.0. The van der Waals surface area contributed by atoms with E-state index in [4.69, 9.17) is 0 Å². The van der Waals surface area contributed by atoms with Crippen molar-refractivity contribution in [3.8, 4) is 19.7 Å². The summed E-state index contributed by atoms with van der Waals surface area (Å²) in [5, 5.41) is 0. The molecular formula is C27H34N2Sn. The summed E-state index contributed by atoms with van der Waals surface area (Å²) in [5.74, 6) is 7.11. The minimum atomic E-state index is -3.64. The van der Waals surface area contributed by atoms with Crippen molar-refractivity contribution in [2.24, 2.45) is 0 Å². The predicted octanol–water partition coefficient (Wildman–Crippen LogP) is 5.22. The van der Waals surface area contributed by atoms with Crippen LogP contribution >= 0.6 is 0 Å². The average molecular weight is 505 g/mol. The molecule has 0 atom stereocenters. The van der Waals surface area contributed by atoms with Crippen LogP contribution in [0.15, 0.2) is 60.7 Å². The van der Waals surface area contributed by atoms with Crippen molar-refractivity contribution in [1.82, 2.24) is 6.24 Å². The molecule has 3 rings (SSSR count). The van der Waals surface area contributed by atoms with Crippen LogP contribution in [0, 0.1) is 19.7 Å².